The van der Waals surface area contributed by atoms with Gasteiger partial charge in [0.25, 0.3) is 0 Å². The van der Waals surface area contributed by atoms with Crippen LogP contribution in [0.5, 0.6) is 0 Å². The molecule has 1 atom stereocenters. The fourth-order valence-corrected chi connectivity index (χ4v) is 16.6. The Morgan fingerprint density at radius 1 is 0.920 bits per heavy atom. The molecular formula is C15H37NO5Si4. The number of alkyl carbamates (subject to hydrolysis) is 1. The Morgan fingerprint density at radius 2 is 1.28 bits per heavy atom. The fourth-order valence-electron chi connectivity index (χ4n) is 2.25. The van der Waals surface area contributed by atoms with Crippen LogP contribution in [0.4, 0.5) is 4.79 Å². The van der Waals surface area contributed by atoms with E-state index in [1.165, 1.54) is 0 Å². The molecule has 0 aliphatic carbocycles. The number of hydrogen-bond acceptors (Lipinski definition) is 5. The standard InChI is InChI=1S/C15H37NO5Si4/c1-12-14(16-15(17)18-13-2)25(19-22(3,4)5,20-23(6,7)8)21-24(9,10)11/h13-14H,2,12H2,1,3-11H3,(H,16,17). The molecule has 0 fully saturated rings. The number of rotatable bonds is 10. The Balaban J connectivity index is 6.06. The largest absolute Gasteiger partial charge is 0.493 e. The Bertz CT molecular complexity index is 414. The molecule has 1 unspecified atom stereocenters. The van der Waals surface area contributed by atoms with Crippen molar-refractivity contribution in [3.05, 3.63) is 12.8 Å². The number of amides is 1. The molecule has 0 saturated heterocycles. The molecule has 1 amide bonds. The van der Waals surface area contributed by atoms with Crippen molar-refractivity contribution in [3.63, 3.8) is 0 Å². The normalized spacial score (nSPS) is 14.8. The molecule has 0 bridgehead atoms. The third-order valence-electron chi connectivity index (χ3n) is 2.66. The van der Waals surface area contributed by atoms with Crippen LogP contribution in [-0.2, 0) is 17.1 Å². The minimum absolute atomic E-state index is 0.356. The summed E-state index contributed by atoms with van der Waals surface area (Å²) < 4.78 is 24.7. The van der Waals surface area contributed by atoms with E-state index in [1.54, 1.807) is 0 Å². The Kier molecular flexibility index (Phi) is 9.02. The van der Waals surface area contributed by atoms with Crippen LogP contribution in [0.1, 0.15) is 13.3 Å². The van der Waals surface area contributed by atoms with Gasteiger partial charge >= 0.3 is 14.9 Å². The second-order valence-corrected chi connectivity index (χ2v) is 26.0. The number of ether oxygens (including phenoxy) is 1. The molecule has 0 aromatic carbocycles. The molecule has 0 radical (unpaired) electrons. The maximum Gasteiger partial charge on any atom is 0.493 e. The third kappa shape index (κ3) is 10.5. The molecule has 0 aliphatic heterocycles. The third-order valence-corrected chi connectivity index (χ3v) is 14.8. The van der Waals surface area contributed by atoms with E-state index in [4.69, 9.17) is 17.1 Å². The zero-order valence-corrected chi connectivity index (χ0v) is 21.6. The van der Waals surface area contributed by atoms with Gasteiger partial charge < -0.3 is 22.4 Å². The lowest BCUT2D eigenvalue weighted by molar-refractivity contribution is 0.173. The summed E-state index contributed by atoms with van der Waals surface area (Å²) in [5.74, 6) is 0. The van der Waals surface area contributed by atoms with Crippen molar-refractivity contribution in [1.82, 2.24) is 5.32 Å². The van der Waals surface area contributed by atoms with E-state index in [-0.39, 0.29) is 5.67 Å². The first-order chi connectivity index (χ1) is 11.0. The molecule has 6 nitrogen and oxygen atoms in total. The van der Waals surface area contributed by atoms with Crippen molar-refractivity contribution in [2.24, 2.45) is 0 Å². The van der Waals surface area contributed by atoms with E-state index in [1.807, 2.05) is 6.92 Å². The number of carbonyl (C=O) groups excluding carboxylic acids is 1. The summed E-state index contributed by atoms with van der Waals surface area (Å²) in [4.78, 5) is 12.0. The van der Waals surface area contributed by atoms with Crippen LogP contribution in [0.3, 0.4) is 0 Å². The summed E-state index contributed by atoms with van der Waals surface area (Å²) in [6.45, 7) is 24.5. The average molecular weight is 424 g/mol. The number of nitrogens with one attached hydrogen (secondary N) is 1. The lowest BCUT2D eigenvalue weighted by atomic mass is 10.5. The van der Waals surface area contributed by atoms with Crippen LogP contribution < -0.4 is 5.32 Å². The van der Waals surface area contributed by atoms with E-state index in [0.717, 1.165) is 6.26 Å². The molecule has 25 heavy (non-hydrogen) atoms. The van der Waals surface area contributed by atoms with Gasteiger partial charge in [0.1, 0.15) is 0 Å². The van der Waals surface area contributed by atoms with Crippen LogP contribution in [0, 0.1) is 0 Å². The molecule has 0 aliphatic rings. The summed E-state index contributed by atoms with van der Waals surface area (Å²) >= 11 is 0. The highest BCUT2D eigenvalue weighted by Crippen LogP contribution is 2.29. The van der Waals surface area contributed by atoms with E-state index in [9.17, 15) is 4.79 Å². The first-order valence-electron chi connectivity index (χ1n) is 8.72. The molecule has 0 aromatic heterocycles. The highest BCUT2D eigenvalue weighted by Gasteiger charge is 2.56. The molecule has 0 aromatic rings. The fraction of sp³-hybridized carbons (Fsp3) is 0.800. The summed E-state index contributed by atoms with van der Waals surface area (Å²) in [5, 5.41) is 2.90. The summed E-state index contributed by atoms with van der Waals surface area (Å²) in [6, 6.07) is 0. The minimum Gasteiger partial charge on any atom is -0.419 e. The van der Waals surface area contributed by atoms with Gasteiger partial charge in [-0.2, -0.15) is 0 Å². The highest BCUT2D eigenvalue weighted by atomic mass is 28.5. The molecule has 0 spiro atoms. The van der Waals surface area contributed by atoms with Crippen LogP contribution in [0.2, 0.25) is 58.9 Å². The van der Waals surface area contributed by atoms with Gasteiger partial charge in [-0.25, -0.2) is 4.79 Å². The summed E-state index contributed by atoms with van der Waals surface area (Å²) in [7, 11) is -9.17. The quantitative estimate of drug-likeness (QED) is 0.408. The molecule has 1 N–H and O–H groups in total. The van der Waals surface area contributed by atoms with Gasteiger partial charge in [-0.3, -0.25) is 0 Å². The monoisotopic (exact) mass is 423 g/mol. The zero-order valence-electron chi connectivity index (χ0n) is 17.6. The van der Waals surface area contributed by atoms with Crippen LogP contribution in [0.25, 0.3) is 0 Å². The van der Waals surface area contributed by atoms with Gasteiger partial charge in [0.05, 0.1) is 11.9 Å². The second-order valence-electron chi connectivity index (χ2n) is 8.92. The Labute approximate surface area is 158 Å². The Hall–Kier alpha value is -0.242. The van der Waals surface area contributed by atoms with Crippen LogP contribution in [-0.4, -0.2) is 45.5 Å². The molecule has 10 heteroatoms. The van der Waals surface area contributed by atoms with E-state index in [0.29, 0.717) is 6.42 Å². The topological polar surface area (TPSA) is 66.0 Å². The SMILES string of the molecule is C=COC(=O)NC(CC)[Si](O[Si](C)(C)C)(O[Si](C)(C)C)O[Si](C)(C)C. The number of carbonyl (C=O) groups is 1. The van der Waals surface area contributed by atoms with Crippen molar-refractivity contribution in [2.45, 2.75) is 77.9 Å². The van der Waals surface area contributed by atoms with Gasteiger partial charge in [-0.15, -0.1) is 0 Å². The van der Waals surface area contributed by atoms with Gasteiger partial charge in [0.15, 0.2) is 25.0 Å². The van der Waals surface area contributed by atoms with Gasteiger partial charge in [-0.1, -0.05) is 13.5 Å². The van der Waals surface area contributed by atoms with Crippen molar-refractivity contribution in [2.75, 3.05) is 0 Å². The molecule has 0 heterocycles. The summed E-state index contributed by atoms with van der Waals surface area (Å²) in [5.41, 5.74) is -0.356. The van der Waals surface area contributed by atoms with Crippen molar-refractivity contribution >= 4 is 39.8 Å². The second kappa shape index (κ2) is 9.11. The maximum atomic E-state index is 12.0. The van der Waals surface area contributed by atoms with Crippen LogP contribution >= 0.6 is 0 Å². The van der Waals surface area contributed by atoms with Gasteiger partial charge in [-0.05, 0) is 65.3 Å². The molecule has 0 saturated carbocycles. The van der Waals surface area contributed by atoms with Crippen molar-refractivity contribution in [1.29, 1.82) is 0 Å². The van der Waals surface area contributed by atoms with Gasteiger partial charge in [0.2, 0.25) is 0 Å². The Morgan fingerprint density at radius 3 is 1.52 bits per heavy atom. The molecular weight excluding hydrogens is 387 g/mol. The molecule has 0 rings (SSSR count). The first kappa shape index (κ1) is 24.8. The van der Waals surface area contributed by atoms with E-state index in [2.05, 4.69) is 70.8 Å². The van der Waals surface area contributed by atoms with Crippen molar-refractivity contribution < 1.29 is 21.9 Å². The highest BCUT2D eigenvalue weighted by molar-refractivity contribution is 6.90. The lowest BCUT2D eigenvalue weighted by Gasteiger charge is -2.46. The first-order valence-corrected chi connectivity index (χ1v) is 20.7. The predicted molar refractivity (Wildman–Crippen MR) is 113 cm³/mol. The van der Waals surface area contributed by atoms with E-state index >= 15 is 0 Å². The average Bonchev–Trinajstić information content (AvgIpc) is 2.29. The summed E-state index contributed by atoms with van der Waals surface area (Å²) in [6.07, 6.45) is 1.19. The maximum absolute atomic E-state index is 12.0. The zero-order chi connectivity index (χ0) is 20.1. The molecule has 148 valence electrons. The van der Waals surface area contributed by atoms with Crippen LogP contribution in [0.15, 0.2) is 12.8 Å². The van der Waals surface area contributed by atoms with Crippen molar-refractivity contribution in [3.8, 4) is 0 Å². The van der Waals surface area contributed by atoms with Gasteiger partial charge in [0, 0.05) is 0 Å². The lowest BCUT2D eigenvalue weighted by Crippen LogP contribution is -2.70. The smallest absolute Gasteiger partial charge is 0.419 e. The number of hydrogen-bond donors (Lipinski definition) is 1. The minimum atomic E-state index is -3.18. The van der Waals surface area contributed by atoms with E-state index < -0.39 is 39.8 Å². The predicted octanol–water partition coefficient (Wildman–Crippen LogP) is 4.67.